The van der Waals surface area contributed by atoms with Gasteiger partial charge in [-0.1, -0.05) is 12.7 Å². The van der Waals surface area contributed by atoms with Gasteiger partial charge in [0, 0.05) is 0 Å². The molecule has 2 aromatic heterocycles. The van der Waals surface area contributed by atoms with Crippen molar-refractivity contribution in [2.24, 2.45) is 0 Å². The van der Waals surface area contributed by atoms with Gasteiger partial charge in [-0.2, -0.15) is 9.97 Å². The number of carbonyl (C=O) groups is 1. The lowest BCUT2D eigenvalue weighted by Crippen LogP contribution is -2.15. The van der Waals surface area contributed by atoms with Crippen molar-refractivity contribution in [2.45, 2.75) is 0 Å². The maximum Gasteiger partial charge on any atom is 0.413 e. The summed E-state index contributed by atoms with van der Waals surface area (Å²) in [5, 5.41) is 2.42. The Morgan fingerprint density at radius 2 is 2.47 bits per heavy atom. The average molecular weight is 254 g/mol. The van der Waals surface area contributed by atoms with Gasteiger partial charge in [0.05, 0.1) is 6.33 Å². The van der Waals surface area contributed by atoms with Gasteiger partial charge in [0.2, 0.25) is 5.28 Å². The van der Waals surface area contributed by atoms with E-state index in [2.05, 4.69) is 31.8 Å². The number of aromatic amines is 1. The van der Waals surface area contributed by atoms with Crippen LogP contribution in [0.2, 0.25) is 5.28 Å². The van der Waals surface area contributed by atoms with Crippen molar-refractivity contribution < 1.29 is 9.53 Å². The van der Waals surface area contributed by atoms with E-state index in [4.69, 9.17) is 16.3 Å². The lowest BCUT2D eigenvalue weighted by atomic mass is 10.5. The standard InChI is InChI=1S/C9H8ClN5O2/c1-2-3-17-9(16)15-7-5-6(12-4-11-5)13-8(10)14-7/h2,4H,1,3H2,(H2,11,12,13,14,15,16). The van der Waals surface area contributed by atoms with Crippen LogP contribution in [0.3, 0.4) is 0 Å². The summed E-state index contributed by atoms with van der Waals surface area (Å²) in [5.41, 5.74) is 0.842. The monoisotopic (exact) mass is 253 g/mol. The normalized spacial score (nSPS) is 10.2. The minimum Gasteiger partial charge on any atom is -0.445 e. The van der Waals surface area contributed by atoms with Crippen LogP contribution in [-0.2, 0) is 4.74 Å². The molecule has 0 fully saturated rings. The van der Waals surface area contributed by atoms with Crippen molar-refractivity contribution in [3.05, 3.63) is 24.3 Å². The number of aromatic nitrogens is 4. The zero-order chi connectivity index (χ0) is 12.3. The zero-order valence-electron chi connectivity index (χ0n) is 8.61. The number of rotatable bonds is 3. The number of nitrogens with one attached hydrogen (secondary N) is 2. The molecule has 0 aliphatic carbocycles. The molecule has 0 aliphatic rings. The Morgan fingerprint density at radius 1 is 1.65 bits per heavy atom. The van der Waals surface area contributed by atoms with Gasteiger partial charge in [0.1, 0.15) is 12.1 Å². The number of amides is 1. The lowest BCUT2D eigenvalue weighted by Gasteiger charge is -2.05. The number of halogens is 1. The first kappa shape index (κ1) is 11.3. The molecule has 88 valence electrons. The molecule has 0 aromatic carbocycles. The number of anilines is 1. The van der Waals surface area contributed by atoms with Crippen LogP contribution in [0.25, 0.3) is 11.2 Å². The second kappa shape index (κ2) is 4.79. The fourth-order valence-electron chi connectivity index (χ4n) is 1.16. The third-order valence-corrected chi connectivity index (χ3v) is 1.98. The predicted octanol–water partition coefficient (Wildman–Crippen LogP) is 1.74. The summed E-state index contributed by atoms with van der Waals surface area (Å²) in [4.78, 5) is 25.8. The van der Waals surface area contributed by atoms with Crippen molar-refractivity contribution in [3.63, 3.8) is 0 Å². The highest BCUT2D eigenvalue weighted by Crippen LogP contribution is 2.18. The number of hydrogen-bond acceptors (Lipinski definition) is 5. The van der Waals surface area contributed by atoms with Crippen LogP contribution in [0, 0.1) is 0 Å². The Balaban J connectivity index is 2.25. The maximum absolute atomic E-state index is 11.3. The minimum atomic E-state index is -0.657. The molecular formula is C9H8ClN5O2. The summed E-state index contributed by atoms with van der Waals surface area (Å²) in [5.74, 6) is 0.214. The predicted molar refractivity (Wildman–Crippen MR) is 61.9 cm³/mol. The summed E-state index contributed by atoms with van der Waals surface area (Å²) >= 11 is 5.68. The van der Waals surface area contributed by atoms with E-state index in [0.717, 1.165) is 0 Å². The molecule has 0 bridgehead atoms. The third kappa shape index (κ3) is 2.51. The Labute approximate surface area is 101 Å². The van der Waals surface area contributed by atoms with E-state index in [1.54, 1.807) is 0 Å². The minimum absolute atomic E-state index is 0.0105. The molecule has 2 rings (SSSR count). The fraction of sp³-hybridized carbons (Fsp3) is 0.111. The van der Waals surface area contributed by atoms with Crippen molar-refractivity contribution in [3.8, 4) is 0 Å². The zero-order valence-corrected chi connectivity index (χ0v) is 9.36. The molecule has 2 aromatic rings. The number of H-pyrrole nitrogens is 1. The van der Waals surface area contributed by atoms with Gasteiger partial charge in [-0.05, 0) is 11.6 Å². The SMILES string of the molecule is C=CCOC(=O)Nc1nc(Cl)nc2nc[nH]c12. The van der Waals surface area contributed by atoms with Crippen LogP contribution in [0.4, 0.5) is 10.6 Å². The van der Waals surface area contributed by atoms with Crippen LogP contribution in [0.15, 0.2) is 19.0 Å². The molecule has 2 heterocycles. The molecular weight excluding hydrogens is 246 g/mol. The molecule has 17 heavy (non-hydrogen) atoms. The van der Waals surface area contributed by atoms with E-state index >= 15 is 0 Å². The molecule has 0 atom stereocenters. The number of fused-ring (bicyclic) bond motifs is 1. The molecule has 7 nitrogen and oxygen atoms in total. The molecule has 0 unspecified atom stereocenters. The molecule has 0 spiro atoms. The molecule has 1 amide bonds. The van der Waals surface area contributed by atoms with E-state index in [9.17, 15) is 4.79 Å². The second-order valence-corrected chi connectivity index (χ2v) is 3.29. The topological polar surface area (TPSA) is 92.8 Å². The van der Waals surface area contributed by atoms with E-state index in [0.29, 0.717) is 11.2 Å². The van der Waals surface area contributed by atoms with Crippen LogP contribution in [0.1, 0.15) is 0 Å². The van der Waals surface area contributed by atoms with Gasteiger partial charge in [0.25, 0.3) is 0 Å². The number of ether oxygens (including phenoxy) is 1. The summed E-state index contributed by atoms with van der Waals surface area (Å²) in [6.45, 7) is 3.54. The fourth-order valence-corrected chi connectivity index (χ4v) is 1.33. The number of nitrogens with zero attached hydrogens (tertiary/aromatic N) is 3. The first-order valence-corrected chi connectivity index (χ1v) is 5.00. The van der Waals surface area contributed by atoms with E-state index in [1.165, 1.54) is 12.4 Å². The molecule has 0 aliphatic heterocycles. The molecule has 0 saturated carbocycles. The molecule has 0 radical (unpaired) electrons. The van der Waals surface area contributed by atoms with E-state index < -0.39 is 6.09 Å². The van der Waals surface area contributed by atoms with Crippen LogP contribution >= 0.6 is 11.6 Å². The first-order chi connectivity index (χ1) is 8.20. The molecule has 8 heteroatoms. The highest BCUT2D eigenvalue weighted by atomic mass is 35.5. The average Bonchev–Trinajstić information content (AvgIpc) is 2.74. The van der Waals surface area contributed by atoms with Crippen molar-refractivity contribution >= 4 is 34.7 Å². The number of carbonyl (C=O) groups excluding carboxylic acids is 1. The van der Waals surface area contributed by atoms with Crippen molar-refractivity contribution in [1.82, 2.24) is 19.9 Å². The molecule has 0 saturated heterocycles. The summed E-state index contributed by atoms with van der Waals surface area (Å²) in [6, 6.07) is 0. The van der Waals surface area contributed by atoms with Gasteiger partial charge in [-0.15, -0.1) is 0 Å². The lowest BCUT2D eigenvalue weighted by molar-refractivity contribution is 0.174. The van der Waals surface area contributed by atoms with Crippen LogP contribution < -0.4 is 5.32 Å². The van der Waals surface area contributed by atoms with Crippen LogP contribution in [-0.4, -0.2) is 32.6 Å². The largest absolute Gasteiger partial charge is 0.445 e. The highest BCUT2D eigenvalue weighted by Gasteiger charge is 2.11. The van der Waals surface area contributed by atoms with Gasteiger partial charge in [-0.3, -0.25) is 5.32 Å². The maximum atomic E-state index is 11.3. The van der Waals surface area contributed by atoms with Crippen molar-refractivity contribution in [1.29, 1.82) is 0 Å². The Hall–Kier alpha value is -2.15. The summed E-state index contributed by atoms with van der Waals surface area (Å²) in [6.07, 6.45) is 2.23. The number of hydrogen-bond donors (Lipinski definition) is 2. The summed E-state index contributed by atoms with van der Waals surface area (Å²) < 4.78 is 4.75. The van der Waals surface area contributed by atoms with Gasteiger partial charge in [0.15, 0.2) is 11.5 Å². The first-order valence-electron chi connectivity index (χ1n) is 4.62. The number of imidazole rings is 1. The smallest absolute Gasteiger partial charge is 0.413 e. The van der Waals surface area contributed by atoms with E-state index in [-0.39, 0.29) is 17.7 Å². The van der Waals surface area contributed by atoms with Crippen LogP contribution in [0.5, 0.6) is 0 Å². The highest BCUT2D eigenvalue weighted by molar-refractivity contribution is 6.28. The summed E-state index contributed by atoms with van der Waals surface area (Å²) in [7, 11) is 0. The Kier molecular flexibility index (Phi) is 3.20. The van der Waals surface area contributed by atoms with Gasteiger partial charge < -0.3 is 9.72 Å². The quantitative estimate of drug-likeness (QED) is 0.642. The Bertz CT molecular complexity index is 568. The third-order valence-electron chi connectivity index (χ3n) is 1.81. The Morgan fingerprint density at radius 3 is 3.24 bits per heavy atom. The van der Waals surface area contributed by atoms with Gasteiger partial charge in [-0.25, -0.2) is 9.78 Å². The van der Waals surface area contributed by atoms with Gasteiger partial charge >= 0.3 is 6.09 Å². The second-order valence-electron chi connectivity index (χ2n) is 2.95. The van der Waals surface area contributed by atoms with E-state index in [1.807, 2.05) is 0 Å². The molecule has 2 N–H and O–H groups in total. The van der Waals surface area contributed by atoms with Crippen molar-refractivity contribution in [2.75, 3.05) is 11.9 Å².